The first-order valence-corrected chi connectivity index (χ1v) is 7.79. The number of hydrogen-bond donors (Lipinski definition) is 0. The molecule has 0 unspecified atom stereocenters. The molecule has 22 heavy (non-hydrogen) atoms. The molecule has 1 heterocycles. The van der Waals surface area contributed by atoms with Crippen molar-refractivity contribution in [2.24, 2.45) is 10.6 Å². The monoisotopic (exact) mass is 319 g/mol. The van der Waals surface area contributed by atoms with Gasteiger partial charge in [-0.25, -0.2) is 4.98 Å². The van der Waals surface area contributed by atoms with Crippen LogP contribution in [0.2, 0.25) is 5.02 Å². The van der Waals surface area contributed by atoms with Crippen LogP contribution < -0.4 is 0 Å². The Hall–Kier alpha value is -1.81. The highest BCUT2D eigenvalue weighted by Crippen LogP contribution is 2.27. The van der Waals surface area contributed by atoms with E-state index < -0.39 is 0 Å². The molecule has 2 aromatic rings. The molecule has 4 nitrogen and oxygen atoms in total. The maximum atomic E-state index is 5.95. The molecular weight excluding hydrogens is 298 g/mol. The molecule has 118 valence electrons. The van der Waals surface area contributed by atoms with Crippen molar-refractivity contribution < 1.29 is 4.84 Å². The number of hydrogen-bond acceptors (Lipinski definition) is 3. The van der Waals surface area contributed by atoms with E-state index in [4.69, 9.17) is 16.4 Å². The standard InChI is InChI=1S/C17H22ClN3O/c1-4-22-20-16(21-10-9-19-13-21)12-17(2,3)11-14-5-7-15(18)8-6-14/h5-10,13H,4,11-12H2,1-3H3. The van der Waals surface area contributed by atoms with Gasteiger partial charge in [0.1, 0.15) is 12.9 Å². The van der Waals surface area contributed by atoms with E-state index >= 15 is 0 Å². The number of rotatable bonds is 6. The van der Waals surface area contributed by atoms with Gasteiger partial charge in [0.05, 0.1) is 0 Å². The molecule has 0 saturated heterocycles. The first-order chi connectivity index (χ1) is 10.5. The van der Waals surface area contributed by atoms with Crippen LogP contribution in [0.3, 0.4) is 0 Å². The second kappa shape index (κ2) is 7.45. The summed E-state index contributed by atoms with van der Waals surface area (Å²) in [5.41, 5.74) is 1.30. The van der Waals surface area contributed by atoms with Gasteiger partial charge in [0.25, 0.3) is 0 Å². The first-order valence-electron chi connectivity index (χ1n) is 7.42. The van der Waals surface area contributed by atoms with Crippen molar-refractivity contribution in [1.82, 2.24) is 9.55 Å². The number of halogens is 1. The minimum absolute atomic E-state index is 0.0357. The Labute approximate surface area is 136 Å². The third-order valence-electron chi connectivity index (χ3n) is 3.33. The largest absolute Gasteiger partial charge is 0.395 e. The van der Waals surface area contributed by atoms with Gasteiger partial charge in [0.2, 0.25) is 0 Å². The van der Waals surface area contributed by atoms with Crippen molar-refractivity contribution in [3.63, 3.8) is 0 Å². The number of benzene rings is 1. The van der Waals surface area contributed by atoms with E-state index in [-0.39, 0.29) is 5.41 Å². The summed E-state index contributed by atoms with van der Waals surface area (Å²) < 4.78 is 1.90. The predicted octanol–water partition coefficient (Wildman–Crippen LogP) is 4.39. The lowest BCUT2D eigenvalue weighted by atomic mass is 9.82. The molecule has 0 spiro atoms. The molecule has 0 atom stereocenters. The Morgan fingerprint density at radius 1 is 1.32 bits per heavy atom. The fourth-order valence-electron chi connectivity index (χ4n) is 2.37. The Kier molecular flexibility index (Phi) is 5.61. The lowest BCUT2D eigenvalue weighted by Gasteiger charge is -2.25. The van der Waals surface area contributed by atoms with Gasteiger partial charge in [-0.05, 0) is 36.5 Å². The maximum Gasteiger partial charge on any atom is 0.154 e. The van der Waals surface area contributed by atoms with Gasteiger partial charge in [-0.2, -0.15) is 0 Å². The van der Waals surface area contributed by atoms with Crippen molar-refractivity contribution in [3.8, 4) is 0 Å². The van der Waals surface area contributed by atoms with Crippen LogP contribution in [0.1, 0.15) is 32.8 Å². The summed E-state index contributed by atoms with van der Waals surface area (Å²) in [4.78, 5) is 9.34. The molecule has 2 rings (SSSR count). The van der Waals surface area contributed by atoms with Crippen LogP contribution in [-0.4, -0.2) is 22.0 Å². The summed E-state index contributed by atoms with van der Waals surface area (Å²) in [5, 5.41) is 5.01. The van der Waals surface area contributed by atoms with Crippen molar-refractivity contribution in [1.29, 1.82) is 0 Å². The zero-order valence-corrected chi connectivity index (χ0v) is 14.0. The molecule has 0 saturated carbocycles. The van der Waals surface area contributed by atoms with Gasteiger partial charge < -0.3 is 4.84 Å². The van der Waals surface area contributed by atoms with Crippen LogP contribution in [0.25, 0.3) is 0 Å². The molecule has 0 aliphatic heterocycles. The quantitative estimate of drug-likeness (QED) is 0.450. The molecule has 0 fully saturated rings. The van der Waals surface area contributed by atoms with E-state index in [1.165, 1.54) is 5.56 Å². The van der Waals surface area contributed by atoms with Gasteiger partial charge in [-0.3, -0.25) is 4.57 Å². The van der Waals surface area contributed by atoms with Crippen LogP contribution in [0.15, 0.2) is 48.1 Å². The summed E-state index contributed by atoms with van der Waals surface area (Å²) in [6.45, 7) is 6.92. The highest BCUT2D eigenvalue weighted by Gasteiger charge is 2.22. The fraction of sp³-hybridized carbons (Fsp3) is 0.412. The maximum absolute atomic E-state index is 5.95. The Bertz CT molecular complexity index is 603. The Morgan fingerprint density at radius 3 is 2.64 bits per heavy atom. The second-order valence-electron chi connectivity index (χ2n) is 6.04. The first kappa shape index (κ1) is 16.6. The SMILES string of the molecule is CCON=C(CC(C)(C)Cc1ccc(Cl)cc1)n1ccnc1. The van der Waals surface area contributed by atoms with Crippen LogP contribution in [-0.2, 0) is 11.3 Å². The highest BCUT2D eigenvalue weighted by atomic mass is 35.5. The average Bonchev–Trinajstić information content (AvgIpc) is 3.00. The van der Waals surface area contributed by atoms with Crippen molar-refractivity contribution in [2.75, 3.05) is 6.61 Å². The van der Waals surface area contributed by atoms with Crippen molar-refractivity contribution >= 4 is 17.4 Å². The van der Waals surface area contributed by atoms with Crippen LogP contribution >= 0.6 is 11.6 Å². The van der Waals surface area contributed by atoms with E-state index in [2.05, 4.69) is 36.1 Å². The molecule has 1 aromatic heterocycles. The summed E-state index contributed by atoms with van der Waals surface area (Å²) >= 11 is 5.95. The third-order valence-corrected chi connectivity index (χ3v) is 3.59. The predicted molar refractivity (Wildman–Crippen MR) is 90.2 cm³/mol. The van der Waals surface area contributed by atoms with Gasteiger partial charge in [0.15, 0.2) is 5.84 Å². The highest BCUT2D eigenvalue weighted by molar-refractivity contribution is 6.30. The van der Waals surface area contributed by atoms with Crippen molar-refractivity contribution in [3.05, 3.63) is 53.6 Å². The molecule has 0 N–H and O–H groups in total. The second-order valence-corrected chi connectivity index (χ2v) is 6.48. The number of aromatic nitrogens is 2. The topological polar surface area (TPSA) is 39.4 Å². The van der Waals surface area contributed by atoms with Crippen LogP contribution in [0.5, 0.6) is 0 Å². The number of imidazole rings is 1. The Balaban J connectivity index is 2.11. The van der Waals surface area contributed by atoms with E-state index in [0.717, 1.165) is 23.7 Å². The lowest BCUT2D eigenvalue weighted by Crippen LogP contribution is -2.24. The third kappa shape index (κ3) is 4.88. The minimum Gasteiger partial charge on any atom is -0.395 e. The normalized spacial score (nSPS) is 12.5. The van der Waals surface area contributed by atoms with Crippen LogP contribution in [0.4, 0.5) is 0 Å². The number of nitrogens with zero attached hydrogens (tertiary/aromatic N) is 3. The molecule has 0 amide bonds. The minimum atomic E-state index is 0.0357. The van der Waals surface area contributed by atoms with Crippen molar-refractivity contribution in [2.45, 2.75) is 33.6 Å². The van der Waals surface area contributed by atoms with E-state index in [1.807, 2.05) is 29.8 Å². The molecule has 0 aliphatic carbocycles. The average molecular weight is 320 g/mol. The van der Waals surface area contributed by atoms with Gasteiger partial charge in [-0.15, -0.1) is 0 Å². The molecule has 5 heteroatoms. The van der Waals surface area contributed by atoms with E-state index in [1.54, 1.807) is 12.5 Å². The van der Waals surface area contributed by atoms with Gasteiger partial charge in [0, 0.05) is 23.8 Å². The summed E-state index contributed by atoms with van der Waals surface area (Å²) in [5.74, 6) is 0.860. The van der Waals surface area contributed by atoms with E-state index in [9.17, 15) is 0 Å². The summed E-state index contributed by atoms with van der Waals surface area (Å²) in [7, 11) is 0. The number of oxime groups is 1. The van der Waals surface area contributed by atoms with Crippen LogP contribution in [0, 0.1) is 5.41 Å². The van der Waals surface area contributed by atoms with Gasteiger partial charge in [-0.1, -0.05) is 42.7 Å². The molecule has 0 bridgehead atoms. The van der Waals surface area contributed by atoms with Gasteiger partial charge >= 0.3 is 0 Å². The smallest absolute Gasteiger partial charge is 0.154 e. The zero-order chi connectivity index (χ0) is 16.0. The molecule has 1 aromatic carbocycles. The lowest BCUT2D eigenvalue weighted by molar-refractivity contribution is 0.155. The zero-order valence-electron chi connectivity index (χ0n) is 13.3. The summed E-state index contributed by atoms with van der Waals surface area (Å²) in [6.07, 6.45) is 7.09. The fourth-order valence-corrected chi connectivity index (χ4v) is 2.49. The molecule has 0 radical (unpaired) electrons. The summed E-state index contributed by atoms with van der Waals surface area (Å²) in [6, 6.07) is 8.00. The Morgan fingerprint density at radius 2 is 2.05 bits per heavy atom. The molecule has 0 aliphatic rings. The molecular formula is C17H22ClN3O. The van der Waals surface area contributed by atoms with E-state index in [0.29, 0.717) is 6.61 Å².